The first-order valence-corrected chi connectivity index (χ1v) is 9.67. The molecule has 7 nitrogen and oxygen atoms in total. The molecule has 1 aliphatic rings. The Hall–Kier alpha value is -3.92. The molecule has 30 heavy (non-hydrogen) atoms. The summed E-state index contributed by atoms with van der Waals surface area (Å²) in [7, 11) is 0. The molecule has 0 spiro atoms. The predicted molar refractivity (Wildman–Crippen MR) is 111 cm³/mol. The van der Waals surface area contributed by atoms with Gasteiger partial charge in [0.2, 0.25) is 0 Å². The third-order valence-corrected chi connectivity index (χ3v) is 5.14. The summed E-state index contributed by atoms with van der Waals surface area (Å²) in [6.07, 6.45) is 0.308. The molecule has 1 aliphatic heterocycles. The van der Waals surface area contributed by atoms with Gasteiger partial charge in [0.1, 0.15) is 17.4 Å². The molecule has 2 N–H and O–H groups in total. The van der Waals surface area contributed by atoms with Gasteiger partial charge in [0.15, 0.2) is 5.82 Å². The molecule has 150 valence electrons. The van der Waals surface area contributed by atoms with Crippen LogP contribution in [0.25, 0.3) is 16.6 Å². The highest BCUT2D eigenvalue weighted by atomic mass is 16.3. The maximum absolute atomic E-state index is 13.0. The summed E-state index contributed by atoms with van der Waals surface area (Å²) >= 11 is 0. The molecule has 0 radical (unpaired) electrons. The van der Waals surface area contributed by atoms with Crippen LogP contribution in [-0.2, 0) is 0 Å². The Labute approximate surface area is 173 Å². The van der Waals surface area contributed by atoms with Crippen LogP contribution in [0.15, 0.2) is 54.3 Å². The summed E-state index contributed by atoms with van der Waals surface area (Å²) < 4.78 is 0. The van der Waals surface area contributed by atoms with Crippen molar-refractivity contribution in [3.8, 4) is 6.07 Å². The van der Waals surface area contributed by atoms with E-state index in [0.29, 0.717) is 28.6 Å². The van der Waals surface area contributed by atoms with Crippen LogP contribution in [0.1, 0.15) is 46.8 Å². The molecule has 7 heteroatoms. The molecule has 1 aromatic heterocycles. The molecular weight excluding hydrogens is 380 g/mol. The monoisotopic (exact) mass is 400 g/mol. The van der Waals surface area contributed by atoms with E-state index in [9.17, 15) is 20.0 Å². The number of carbonyl (C=O) groups is 2. The number of hydrogen-bond acceptors (Lipinski definition) is 5. The number of aromatic amines is 1. The lowest BCUT2D eigenvalue weighted by Gasteiger charge is -2.27. The number of hydrogen-bond donors (Lipinski definition) is 2. The van der Waals surface area contributed by atoms with Crippen LogP contribution < -0.4 is 0 Å². The topological polar surface area (TPSA) is 110 Å². The molecule has 2 amide bonds. The summed E-state index contributed by atoms with van der Waals surface area (Å²) in [5, 5.41) is 20.9. The number of nitrogens with one attached hydrogen (secondary N) is 1. The first kappa shape index (κ1) is 19.4. The first-order valence-electron chi connectivity index (χ1n) is 9.67. The summed E-state index contributed by atoms with van der Waals surface area (Å²) in [4.78, 5) is 34.4. The molecule has 0 saturated heterocycles. The van der Waals surface area contributed by atoms with Crippen molar-refractivity contribution >= 4 is 28.4 Å². The number of aliphatic hydroxyl groups is 1. The van der Waals surface area contributed by atoms with E-state index in [4.69, 9.17) is 0 Å². The number of fused-ring (bicyclic) bond motifs is 2. The molecule has 0 bridgehead atoms. The Morgan fingerprint density at radius 2 is 1.70 bits per heavy atom. The van der Waals surface area contributed by atoms with Crippen LogP contribution in [-0.4, -0.2) is 37.8 Å². The summed E-state index contributed by atoms with van der Waals surface area (Å²) in [6.45, 7) is 3.84. The lowest BCUT2D eigenvalue weighted by molar-refractivity contribution is 0.0558. The van der Waals surface area contributed by atoms with E-state index in [-0.39, 0.29) is 23.1 Å². The van der Waals surface area contributed by atoms with Gasteiger partial charge in [-0.2, -0.15) is 5.26 Å². The van der Waals surface area contributed by atoms with Crippen molar-refractivity contribution in [3.63, 3.8) is 0 Å². The predicted octanol–water partition coefficient (Wildman–Crippen LogP) is 4.07. The summed E-state index contributed by atoms with van der Waals surface area (Å²) in [6, 6.07) is 14.8. The second kappa shape index (κ2) is 7.48. The quantitative estimate of drug-likeness (QED) is 0.381. The van der Waals surface area contributed by atoms with Gasteiger partial charge in [-0.1, -0.05) is 38.1 Å². The molecule has 0 fully saturated rings. The number of aliphatic hydroxyl groups excluding tert-OH is 1. The van der Waals surface area contributed by atoms with Gasteiger partial charge in [0.25, 0.3) is 11.8 Å². The van der Waals surface area contributed by atoms with Gasteiger partial charge in [-0.25, -0.2) is 4.98 Å². The van der Waals surface area contributed by atoms with Crippen molar-refractivity contribution in [1.29, 1.82) is 5.26 Å². The molecule has 1 atom stereocenters. The fourth-order valence-corrected chi connectivity index (χ4v) is 3.75. The van der Waals surface area contributed by atoms with Gasteiger partial charge in [0.05, 0.1) is 28.2 Å². The molecule has 3 aromatic rings. The Bertz CT molecular complexity index is 1160. The van der Waals surface area contributed by atoms with E-state index in [1.807, 2.05) is 38.1 Å². The van der Waals surface area contributed by atoms with Crippen molar-refractivity contribution in [1.82, 2.24) is 14.9 Å². The standard InChI is InChI=1S/C23H20N4O3/c1-13(2)11-19(27-22(29)14-7-3-4-8-15(14)23(27)30)20(28)16(12-24)21-25-17-9-5-6-10-18(17)26-21/h3-10,13,19,28H,11H2,1-2H3,(H,25,26)/b20-16-/t19-/m1/s1. The number of imidazole rings is 1. The average molecular weight is 400 g/mol. The number of H-pyrrole nitrogens is 1. The fraction of sp³-hybridized carbons (Fsp3) is 0.217. The van der Waals surface area contributed by atoms with Gasteiger partial charge in [-0.05, 0) is 36.6 Å². The highest BCUT2D eigenvalue weighted by Crippen LogP contribution is 2.32. The van der Waals surface area contributed by atoms with Gasteiger partial charge in [-0.3, -0.25) is 14.5 Å². The number of benzene rings is 2. The van der Waals surface area contributed by atoms with Crippen LogP contribution >= 0.6 is 0 Å². The van der Waals surface area contributed by atoms with Crippen LogP contribution in [0.4, 0.5) is 0 Å². The smallest absolute Gasteiger partial charge is 0.262 e. The van der Waals surface area contributed by atoms with Crippen LogP contribution in [0, 0.1) is 17.2 Å². The van der Waals surface area contributed by atoms with Gasteiger partial charge in [0, 0.05) is 0 Å². The van der Waals surface area contributed by atoms with Crippen LogP contribution in [0.2, 0.25) is 0 Å². The molecule has 4 rings (SSSR count). The number of carbonyl (C=O) groups excluding carboxylic acids is 2. The number of allylic oxidation sites excluding steroid dienone is 1. The van der Waals surface area contributed by atoms with Crippen molar-refractivity contribution in [2.45, 2.75) is 26.3 Å². The fourth-order valence-electron chi connectivity index (χ4n) is 3.75. The van der Waals surface area contributed by atoms with E-state index in [2.05, 4.69) is 9.97 Å². The van der Waals surface area contributed by atoms with Gasteiger partial charge < -0.3 is 10.1 Å². The third kappa shape index (κ3) is 3.12. The number of aromatic nitrogens is 2. The average Bonchev–Trinajstić information content (AvgIpc) is 3.26. The second-order valence-corrected chi connectivity index (χ2v) is 7.65. The normalized spacial score (nSPS) is 15.3. The van der Waals surface area contributed by atoms with Crippen molar-refractivity contribution in [3.05, 3.63) is 71.2 Å². The number of para-hydroxylation sites is 2. The maximum Gasteiger partial charge on any atom is 0.262 e. The van der Waals surface area contributed by atoms with E-state index < -0.39 is 17.9 Å². The summed E-state index contributed by atoms with van der Waals surface area (Å²) in [5.41, 5.74) is 1.87. The third-order valence-electron chi connectivity index (χ3n) is 5.14. The lowest BCUT2D eigenvalue weighted by atomic mass is 9.98. The Kier molecular flexibility index (Phi) is 4.84. The largest absolute Gasteiger partial charge is 0.509 e. The first-order chi connectivity index (χ1) is 14.4. The van der Waals surface area contributed by atoms with Crippen molar-refractivity contribution in [2.24, 2.45) is 5.92 Å². The number of nitrogens with zero attached hydrogens (tertiary/aromatic N) is 3. The number of amides is 2. The highest BCUT2D eigenvalue weighted by Gasteiger charge is 2.42. The molecule has 2 heterocycles. The van der Waals surface area contributed by atoms with E-state index in [1.54, 1.807) is 30.3 Å². The number of imide groups is 1. The van der Waals surface area contributed by atoms with Crippen molar-refractivity contribution < 1.29 is 14.7 Å². The van der Waals surface area contributed by atoms with Crippen molar-refractivity contribution in [2.75, 3.05) is 0 Å². The number of rotatable bonds is 5. The minimum atomic E-state index is -0.972. The number of nitriles is 1. The zero-order valence-electron chi connectivity index (χ0n) is 16.6. The van der Waals surface area contributed by atoms with E-state index >= 15 is 0 Å². The minimum Gasteiger partial charge on any atom is -0.509 e. The Morgan fingerprint density at radius 3 is 2.27 bits per heavy atom. The second-order valence-electron chi connectivity index (χ2n) is 7.65. The molecule has 0 aliphatic carbocycles. The minimum absolute atomic E-state index is 0.0529. The van der Waals surface area contributed by atoms with E-state index in [0.717, 1.165) is 4.90 Å². The van der Waals surface area contributed by atoms with Crippen LogP contribution in [0.3, 0.4) is 0 Å². The lowest BCUT2D eigenvalue weighted by Crippen LogP contribution is -2.42. The highest BCUT2D eigenvalue weighted by molar-refractivity contribution is 6.21. The molecule has 0 saturated carbocycles. The van der Waals surface area contributed by atoms with E-state index in [1.165, 1.54) is 0 Å². The molecule has 0 unspecified atom stereocenters. The van der Waals surface area contributed by atoms with Gasteiger partial charge >= 0.3 is 0 Å². The zero-order chi connectivity index (χ0) is 21.4. The summed E-state index contributed by atoms with van der Waals surface area (Å²) in [5.74, 6) is -1.05. The van der Waals surface area contributed by atoms with Crippen LogP contribution in [0.5, 0.6) is 0 Å². The zero-order valence-corrected chi connectivity index (χ0v) is 16.6. The Morgan fingerprint density at radius 1 is 1.10 bits per heavy atom. The molecule has 2 aromatic carbocycles. The maximum atomic E-state index is 13.0. The van der Waals surface area contributed by atoms with Gasteiger partial charge in [-0.15, -0.1) is 0 Å². The SMILES string of the molecule is CC(C)C[C@H](/C(O)=C(\C#N)c1nc2ccccc2[nH]1)N1C(=O)c2ccccc2C1=O. The molecular formula is C23H20N4O3. The Balaban J connectivity index is 1.83.